The molecule has 0 spiro atoms. The maximum Gasteiger partial charge on any atom is 0.319 e. The van der Waals surface area contributed by atoms with Gasteiger partial charge in [0.1, 0.15) is 30.1 Å². The van der Waals surface area contributed by atoms with Crippen molar-refractivity contribution in [2.75, 3.05) is 25.0 Å². The molecule has 23 nitrogen and oxygen atoms in total. The molecule has 0 saturated carbocycles. The largest absolute Gasteiger partial charge is 0.489 e. The van der Waals surface area contributed by atoms with Gasteiger partial charge in [0.25, 0.3) is 23.6 Å². The number of carbonyl (C=O) groups is 11. The van der Waals surface area contributed by atoms with E-state index in [-0.39, 0.29) is 57.3 Å². The second-order valence-corrected chi connectivity index (χ2v) is 17.0. The van der Waals surface area contributed by atoms with Crippen LogP contribution in [-0.4, -0.2) is 107 Å². The molecule has 1 saturated heterocycles. The second kappa shape index (κ2) is 24.4. The summed E-state index contributed by atoms with van der Waals surface area (Å²) in [6.45, 7) is -0.823. The number of anilines is 1. The number of fused-ring (bicyclic) bond motifs is 1. The first kappa shape index (κ1) is 52.2. The molecule has 382 valence electrons. The SMILES string of the molecule is NC=C(C(=O)NCC(=O)NCC(=O)N[C@@H](Cc1ccccc1)C(=O)NCC(=O)NCc1ccc(COc2ccc(NC(=O)NCc3ccc4c(c3)CN(C3CCC(=O)NC3=O)C4=O)cc2)cc1)N1C(=O)C=CC1=O. The van der Waals surface area contributed by atoms with Crippen LogP contribution in [0.4, 0.5) is 10.5 Å². The summed E-state index contributed by atoms with van der Waals surface area (Å²) in [5.41, 5.74) is 9.76. The third kappa shape index (κ3) is 14.0. The second-order valence-electron chi connectivity index (χ2n) is 17.0. The van der Waals surface area contributed by atoms with Gasteiger partial charge in [-0.15, -0.1) is 0 Å². The Morgan fingerprint density at radius 2 is 1.35 bits per heavy atom. The number of imide groups is 2. The van der Waals surface area contributed by atoms with Gasteiger partial charge in [-0.25, -0.2) is 9.69 Å². The monoisotopic (exact) mass is 1010 g/mol. The van der Waals surface area contributed by atoms with Crippen LogP contribution in [0.1, 0.15) is 51.0 Å². The summed E-state index contributed by atoms with van der Waals surface area (Å²) < 4.78 is 5.92. The van der Waals surface area contributed by atoms with Gasteiger partial charge in [0, 0.05) is 62.1 Å². The van der Waals surface area contributed by atoms with Gasteiger partial charge in [-0.3, -0.25) is 53.3 Å². The molecule has 3 heterocycles. The highest BCUT2D eigenvalue weighted by Gasteiger charge is 2.39. The quantitative estimate of drug-likeness (QED) is 0.0385. The van der Waals surface area contributed by atoms with E-state index in [1.54, 1.807) is 66.7 Å². The third-order valence-corrected chi connectivity index (χ3v) is 11.7. The van der Waals surface area contributed by atoms with Crippen LogP contribution in [-0.2, 0) is 75.8 Å². The van der Waals surface area contributed by atoms with E-state index in [1.165, 1.54) is 4.90 Å². The normalized spacial score (nSPS) is 15.4. The molecule has 74 heavy (non-hydrogen) atoms. The number of ether oxygens (including phenoxy) is 1. The Morgan fingerprint density at radius 3 is 2.05 bits per heavy atom. The Labute approximate surface area is 422 Å². The van der Waals surface area contributed by atoms with Crippen molar-refractivity contribution in [3.05, 3.63) is 154 Å². The molecule has 4 aromatic rings. The van der Waals surface area contributed by atoms with Crippen molar-refractivity contribution in [1.82, 2.24) is 47.0 Å². The summed E-state index contributed by atoms with van der Waals surface area (Å²) >= 11 is 0. The molecule has 1 unspecified atom stereocenters. The van der Waals surface area contributed by atoms with Gasteiger partial charge in [-0.05, 0) is 64.6 Å². The van der Waals surface area contributed by atoms with Crippen molar-refractivity contribution in [1.29, 1.82) is 0 Å². The number of nitrogens with two attached hydrogens (primary N) is 1. The van der Waals surface area contributed by atoms with E-state index in [0.717, 1.165) is 40.6 Å². The molecule has 7 rings (SSSR count). The molecule has 4 aromatic carbocycles. The summed E-state index contributed by atoms with van der Waals surface area (Å²) in [6, 6.07) is 25.8. The third-order valence-electron chi connectivity index (χ3n) is 11.7. The summed E-state index contributed by atoms with van der Waals surface area (Å²) in [7, 11) is 0. The van der Waals surface area contributed by atoms with Crippen LogP contribution in [0.25, 0.3) is 0 Å². The average molecular weight is 1010 g/mol. The summed E-state index contributed by atoms with van der Waals surface area (Å²) in [4.78, 5) is 139. The minimum Gasteiger partial charge on any atom is -0.489 e. The molecule has 23 heteroatoms. The van der Waals surface area contributed by atoms with Crippen molar-refractivity contribution in [3.8, 4) is 5.75 Å². The number of piperidine rings is 1. The molecular formula is C51H51N11O12. The van der Waals surface area contributed by atoms with E-state index in [2.05, 4.69) is 42.5 Å². The number of nitrogens with zero attached hydrogens (tertiary/aromatic N) is 2. The van der Waals surface area contributed by atoms with Gasteiger partial charge in [-0.1, -0.05) is 66.7 Å². The van der Waals surface area contributed by atoms with E-state index in [9.17, 15) is 52.7 Å². The highest BCUT2D eigenvalue weighted by molar-refractivity contribution is 6.18. The Balaban J connectivity index is 0.789. The first-order valence-corrected chi connectivity index (χ1v) is 23.2. The van der Waals surface area contributed by atoms with Crippen LogP contribution in [0, 0.1) is 0 Å². The molecule has 1 fully saturated rings. The van der Waals surface area contributed by atoms with Crippen molar-refractivity contribution >= 4 is 70.8 Å². The highest BCUT2D eigenvalue weighted by atomic mass is 16.5. The fraction of sp³-hybridized carbons (Fsp3) is 0.235. The Kier molecular flexibility index (Phi) is 17.2. The number of hydrogen-bond donors (Lipinski definition) is 9. The Morgan fingerprint density at radius 1 is 0.703 bits per heavy atom. The van der Waals surface area contributed by atoms with Gasteiger partial charge >= 0.3 is 6.03 Å². The molecule has 3 aliphatic rings. The Bertz CT molecular complexity index is 2910. The maximum atomic E-state index is 13.3. The van der Waals surface area contributed by atoms with E-state index >= 15 is 0 Å². The smallest absolute Gasteiger partial charge is 0.319 e. The molecule has 3 aliphatic heterocycles. The van der Waals surface area contributed by atoms with Gasteiger partial charge in [0.05, 0.1) is 19.6 Å². The van der Waals surface area contributed by atoms with Crippen LogP contribution in [0.5, 0.6) is 5.75 Å². The van der Waals surface area contributed by atoms with Crippen molar-refractivity contribution in [2.45, 2.75) is 57.6 Å². The number of benzene rings is 4. The highest BCUT2D eigenvalue weighted by Crippen LogP contribution is 2.28. The molecule has 2 atom stereocenters. The summed E-state index contributed by atoms with van der Waals surface area (Å²) in [6.07, 6.45) is 3.15. The predicted molar refractivity (Wildman–Crippen MR) is 262 cm³/mol. The molecule has 10 N–H and O–H groups in total. The lowest BCUT2D eigenvalue weighted by atomic mass is 10.0. The summed E-state index contributed by atoms with van der Waals surface area (Å²) in [5, 5.41) is 20.2. The zero-order valence-corrected chi connectivity index (χ0v) is 39.6. The Hall–Kier alpha value is -9.67. The fourth-order valence-corrected chi connectivity index (χ4v) is 7.89. The van der Waals surface area contributed by atoms with E-state index in [4.69, 9.17) is 10.5 Å². The van der Waals surface area contributed by atoms with Crippen LogP contribution >= 0.6 is 0 Å². The number of amides is 12. The maximum absolute atomic E-state index is 13.3. The van der Waals surface area contributed by atoms with Crippen LogP contribution in [0.15, 0.2) is 121 Å². The van der Waals surface area contributed by atoms with Crippen molar-refractivity contribution < 1.29 is 57.5 Å². The van der Waals surface area contributed by atoms with E-state index < -0.39 is 90.7 Å². The van der Waals surface area contributed by atoms with Gasteiger partial charge < -0.3 is 52.6 Å². The first-order valence-electron chi connectivity index (χ1n) is 23.2. The van der Waals surface area contributed by atoms with Crippen LogP contribution in [0.3, 0.4) is 0 Å². The van der Waals surface area contributed by atoms with Gasteiger partial charge in [-0.2, -0.15) is 0 Å². The fourth-order valence-electron chi connectivity index (χ4n) is 7.89. The van der Waals surface area contributed by atoms with Crippen LogP contribution in [0.2, 0.25) is 0 Å². The van der Waals surface area contributed by atoms with Crippen molar-refractivity contribution in [2.24, 2.45) is 5.73 Å². The molecule has 12 amide bonds. The first-order chi connectivity index (χ1) is 35.6. The van der Waals surface area contributed by atoms with Gasteiger partial charge in [0.15, 0.2) is 0 Å². The standard InChI is InChI=1S/C51H51N11O12/c52-22-40(62-45(67)18-19-46(62)68)48(70)56-26-43(65)54-27-44(66)59-38(21-30-4-2-1-3-5-30)47(69)55-25-42(64)53-23-31-6-8-32(9-7-31)29-74-36-13-11-35(12-14-36)58-51(73)57-24-33-10-15-37-34(20-33)28-61(50(37)72)39-16-17-41(63)60-49(39)71/h1-15,18-20,22,38-39H,16-17,21,23-29,52H2,(H,53,64)(H,54,65)(H,55,69)(H,56,70)(H,59,66)(H2,57,58,73)(H,60,63,71)/t38-,39?/m0/s1. The lowest BCUT2D eigenvalue weighted by Crippen LogP contribution is -2.52. The molecule has 0 radical (unpaired) electrons. The number of nitrogens with one attached hydrogen (secondary N) is 8. The molecule has 0 aromatic heterocycles. The zero-order valence-electron chi connectivity index (χ0n) is 39.6. The minimum absolute atomic E-state index is 0.0576. The van der Waals surface area contributed by atoms with Crippen LogP contribution < -0.4 is 53.0 Å². The summed E-state index contributed by atoms with van der Waals surface area (Å²) in [5.74, 6) is -5.82. The lowest BCUT2D eigenvalue weighted by Gasteiger charge is -2.29. The number of urea groups is 1. The molecule has 0 bridgehead atoms. The van der Waals surface area contributed by atoms with Crippen molar-refractivity contribution in [3.63, 3.8) is 0 Å². The van der Waals surface area contributed by atoms with E-state index in [1.807, 2.05) is 30.3 Å². The zero-order chi connectivity index (χ0) is 52.7. The number of carbonyl (C=O) groups excluding carboxylic acids is 11. The van der Waals surface area contributed by atoms with Gasteiger partial charge in [0.2, 0.25) is 35.4 Å². The predicted octanol–water partition coefficient (Wildman–Crippen LogP) is -0.234. The lowest BCUT2D eigenvalue weighted by molar-refractivity contribution is -0.138. The number of rotatable bonds is 21. The average Bonchev–Trinajstić information content (AvgIpc) is 3.91. The molecular weight excluding hydrogens is 959 g/mol. The topological polar surface area (TPSA) is 326 Å². The van der Waals surface area contributed by atoms with E-state index in [0.29, 0.717) is 27.5 Å². The minimum atomic E-state index is -1.14. The molecule has 0 aliphatic carbocycles. The number of hydrogen-bond acceptors (Lipinski definition) is 13.